The first-order chi connectivity index (χ1) is 17.9. The molecular formula is C27H34N4O6S. The molecule has 1 saturated heterocycles. The van der Waals surface area contributed by atoms with Crippen molar-refractivity contribution in [2.75, 3.05) is 19.3 Å². The molecule has 2 aliphatic rings. The molecule has 0 spiro atoms. The van der Waals surface area contributed by atoms with E-state index in [-0.39, 0.29) is 23.6 Å². The maximum absolute atomic E-state index is 13.4. The maximum Gasteiger partial charge on any atom is 0.265 e. The predicted molar refractivity (Wildman–Crippen MR) is 146 cm³/mol. The molecule has 1 atom stereocenters. The van der Waals surface area contributed by atoms with Gasteiger partial charge in [0.05, 0.1) is 22.8 Å². The van der Waals surface area contributed by atoms with Crippen LogP contribution in [0.2, 0.25) is 0 Å². The van der Waals surface area contributed by atoms with Crippen LogP contribution in [-0.2, 0) is 10.1 Å². The Bertz CT molecular complexity index is 1490. The lowest BCUT2D eigenvalue weighted by atomic mass is 10.1. The second-order valence-electron chi connectivity index (χ2n) is 10.2. The van der Waals surface area contributed by atoms with Crippen LogP contribution in [0.4, 0.5) is 0 Å². The zero-order chi connectivity index (χ0) is 27.6. The van der Waals surface area contributed by atoms with E-state index >= 15 is 0 Å². The average Bonchev–Trinajstić information content (AvgIpc) is 3.53. The molecule has 1 aromatic heterocycles. The molecule has 1 amide bonds. The van der Waals surface area contributed by atoms with E-state index in [2.05, 4.69) is 29.0 Å². The summed E-state index contributed by atoms with van der Waals surface area (Å²) in [5, 5.41) is 3.50. The lowest BCUT2D eigenvalue weighted by molar-refractivity contribution is 0.0951. The minimum absolute atomic E-state index is 0.108. The van der Waals surface area contributed by atoms with Crippen molar-refractivity contribution in [3.8, 4) is 11.4 Å². The second kappa shape index (κ2) is 11.2. The summed E-state index contributed by atoms with van der Waals surface area (Å²) in [5.41, 5.74) is 2.55. The van der Waals surface area contributed by atoms with Crippen molar-refractivity contribution in [2.45, 2.75) is 58.2 Å². The number of aromatic nitrogens is 2. The number of rotatable bonds is 6. The van der Waals surface area contributed by atoms with Crippen LogP contribution in [0.15, 0.2) is 47.5 Å². The van der Waals surface area contributed by atoms with Crippen LogP contribution in [0.3, 0.4) is 0 Å². The Kier molecular flexibility index (Phi) is 8.19. The number of fused-ring (bicyclic) bond motifs is 1. The Labute approximate surface area is 222 Å². The summed E-state index contributed by atoms with van der Waals surface area (Å²) >= 11 is 0. The van der Waals surface area contributed by atoms with Gasteiger partial charge in [-0.25, -0.2) is 4.98 Å². The maximum atomic E-state index is 13.4. The molecule has 1 saturated carbocycles. The monoisotopic (exact) mass is 542 g/mol. The Balaban J connectivity index is 0.000000617. The van der Waals surface area contributed by atoms with Gasteiger partial charge < -0.3 is 10.1 Å². The zero-order valence-electron chi connectivity index (χ0n) is 22.0. The first kappa shape index (κ1) is 27.7. The Hall–Kier alpha value is -3.28. The molecular weight excluding hydrogens is 508 g/mol. The van der Waals surface area contributed by atoms with Gasteiger partial charge in [0.25, 0.3) is 21.6 Å². The molecule has 0 radical (unpaired) electrons. The van der Waals surface area contributed by atoms with E-state index in [9.17, 15) is 18.0 Å². The SMILES string of the molecule is CS(=O)(=O)O.Cc1ccc(C(=O)NC2CC2)cc1-n1cnc2ccc(O[C@H]3CCN(C(C)C)C3)cc2c1=O. The van der Waals surface area contributed by atoms with Crippen molar-refractivity contribution >= 4 is 26.9 Å². The fraction of sp³-hybridized carbons (Fsp3) is 0.444. The fourth-order valence-corrected chi connectivity index (χ4v) is 4.36. The van der Waals surface area contributed by atoms with Crippen molar-refractivity contribution in [3.63, 3.8) is 0 Å². The second-order valence-corrected chi connectivity index (χ2v) is 11.7. The predicted octanol–water partition coefficient (Wildman–Crippen LogP) is 2.95. The minimum atomic E-state index is -3.67. The molecule has 1 aliphatic carbocycles. The number of hydrogen-bond acceptors (Lipinski definition) is 7. The molecule has 3 aromatic rings. The van der Waals surface area contributed by atoms with Gasteiger partial charge in [-0.2, -0.15) is 8.42 Å². The number of ether oxygens (including phenoxy) is 1. The fourth-order valence-electron chi connectivity index (χ4n) is 4.36. The number of aryl methyl sites for hydroxylation is 1. The number of nitrogens with one attached hydrogen (secondary N) is 1. The van der Waals surface area contributed by atoms with Gasteiger partial charge >= 0.3 is 0 Å². The minimum Gasteiger partial charge on any atom is -0.489 e. The van der Waals surface area contributed by atoms with E-state index in [4.69, 9.17) is 9.29 Å². The average molecular weight is 543 g/mol. The zero-order valence-corrected chi connectivity index (χ0v) is 22.9. The highest BCUT2D eigenvalue weighted by Gasteiger charge is 2.26. The largest absolute Gasteiger partial charge is 0.489 e. The van der Waals surface area contributed by atoms with Gasteiger partial charge in [0, 0.05) is 30.7 Å². The number of carbonyl (C=O) groups excluding carboxylic acids is 1. The molecule has 1 aliphatic heterocycles. The summed E-state index contributed by atoms with van der Waals surface area (Å²) in [7, 11) is -3.67. The summed E-state index contributed by atoms with van der Waals surface area (Å²) in [6.07, 6.45) is 5.40. The number of hydrogen-bond donors (Lipinski definition) is 2. The van der Waals surface area contributed by atoms with Gasteiger partial charge in [-0.05, 0) is 75.9 Å². The van der Waals surface area contributed by atoms with E-state index in [0.29, 0.717) is 40.2 Å². The van der Waals surface area contributed by atoms with Crippen LogP contribution in [0.5, 0.6) is 5.75 Å². The lowest BCUT2D eigenvalue weighted by Crippen LogP contribution is -2.30. The van der Waals surface area contributed by atoms with Crippen LogP contribution in [0.1, 0.15) is 49.0 Å². The number of likely N-dealkylation sites (tertiary alicyclic amines) is 1. The molecule has 2 N–H and O–H groups in total. The van der Waals surface area contributed by atoms with Crippen LogP contribution >= 0.6 is 0 Å². The van der Waals surface area contributed by atoms with Crippen molar-refractivity contribution in [1.29, 1.82) is 0 Å². The molecule has 2 fully saturated rings. The van der Waals surface area contributed by atoms with Gasteiger partial charge in [-0.3, -0.25) is 23.6 Å². The van der Waals surface area contributed by atoms with E-state index in [1.165, 1.54) is 10.9 Å². The summed E-state index contributed by atoms with van der Waals surface area (Å²) in [6, 6.07) is 11.7. The quantitative estimate of drug-likeness (QED) is 0.455. The number of amides is 1. The van der Waals surface area contributed by atoms with Crippen molar-refractivity contribution in [3.05, 3.63) is 64.2 Å². The first-order valence-corrected chi connectivity index (χ1v) is 14.5. The highest BCUT2D eigenvalue weighted by atomic mass is 32.2. The molecule has 2 heterocycles. The molecule has 11 heteroatoms. The summed E-state index contributed by atoms with van der Waals surface area (Å²) < 4.78 is 33.6. The topological polar surface area (TPSA) is 131 Å². The van der Waals surface area contributed by atoms with Gasteiger partial charge in [0.1, 0.15) is 18.2 Å². The third kappa shape index (κ3) is 7.18. The summed E-state index contributed by atoms with van der Waals surface area (Å²) in [4.78, 5) is 32.9. The van der Waals surface area contributed by atoms with Crippen LogP contribution in [0.25, 0.3) is 16.6 Å². The third-order valence-electron chi connectivity index (χ3n) is 6.58. The molecule has 0 unspecified atom stereocenters. The highest BCUT2D eigenvalue weighted by molar-refractivity contribution is 7.85. The van der Waals surface area contributed by atoms with Crippen LogP contribution < -0.4 is 15.6 Å². The van der Waals surface area contributed by atoms with Gasteiger partial charge in [-0.1, -0.05) is 6.07 Å². The molecule has 10 nitrogen and oxygen atoms in total. The normalized spacial score (nSPS) is 17.8. The van der Waals surface area contributed by atoms with Crippen molar-refractivity contribution < 1.29 is 22.5 Å². The van der Waals surface area contributed by atoms with E-state index in [1.54, 1.807) is 18.2 Å². The highest BCUT2D eigenvalue weighted by Crippen LogP contribution is 2.24. The van der Waals surface area contributed by atoms with Gasteiger partial charge in [0.15, 0.2) is 0 Å². The van der Waals surface area contributed by atoms with Gasteiger partial charge in [-0.15, -0.1) is 0 Å². The smallest absolute Gasteiger partial charge is 0.265 e. The van der Waals surface area contributed by atoms with E-state index in [1.807, 2.05) is 25.1 Å². The first-order valence-electron chi connectivity index (χ1n) is 12.7. The standard InChI is InChI=1S/C26H30N4O3.CH4O3S/c1-16(2)29-11-10-21(14-29)33-20-8-9-23-22(13-20)26(32)30(15-27-23)24-12-18(5-4-17(24)3)25(31)28-19-6-7-19;1-5(2,3)4/h4-5,8-9,12-13,15-16,19,21H,6-7,10-11,14H2,1-3H3,(H,28,31);1H3,(H,2,3,4)/t21-;/m0./s1. The van der Waals surface area contributed by atoms with Crippen LogP contribution in [0, 0.1) is 6.92 Å². The molecule has 5 rings (SSSR count). The number of carbonyl (C=O) groups is 1. The molecule has 2 aromatic carbocycles. The molecule has 0 bridgehead atoms. The van der Waals surface area contributed by atoms with Gasteiger partial charge in [0.2, 0.25) is 0 Å². The van der Waals surface area contributed by atoms with E-state index < -0.39 is 10.1 Å². The lowest BCUT2D eigenvalue weighted by Gasteiger charge is -2.20. The Morgan fingerprint density at radius 1 is 1.16 bits per heavy atom. The van der Waals surface area contributed by atoms with Crippen molar-refractivity contribution in [2.24, 2.45) is 0 Å². The number of nitrogens with zero attached hydrogens (tertiary/aromatic N) is 3. The third-order valence-corrected chi connectivity index (χ3v) is 6.58. The molecule has 38 heavy (non-hydrogen) atoms. The number of benzene rings is 2. The van der Waals surface area contributed by atoms with Crippen LogP contribution in [-0.4, -0.2) is 70.9 Å². The van der Waals surface area contributed by atoms with E-state index in [0.717, 1.165) is 37.9 Å². The Morgan fingerprint density at radius 3 is 2.50 bits per heavy atom. The molecule has 204 valence electrons. The van der Waals surface area contributed by atoms with Crippen molar-refractivity contribution in [1.82, 2.24) is 19.8 Å². The Morgan fingerprint density at radius 2 is 1.87 bits per heavy atom. The summed E-state index contributed by atoms with van der Waals surface area (Å²) in [6.45, 7) is 8.23. The summed E-state index contributed by atoms with van der Waals surface area (Å²) in [5.74, 6) is 0.576.